The van der Waals surface area contributed by atoms with E-state index >= 15 is 4.79 Å². The first-order chi connectivity index (χ1) is 21.6. The Morgan fingerprint density at radius 3 is 2.38 bits per heavy atom. The van der Waals surface area contributed by atoms with E-state index in [2.05, 4.69) is 0 Å². The second kappa shape index (κ2) is 10.4. The topological polar surface area (TPSA) is 121 Å². The minimum absolute atomic E-state index is 0.0216. The lowest BCUT2D eigenvalue weighted by Gasteiger charge is -2.50. The van der Waals surface area contributed by atoms with Gasteiger partial charge in [-0.05, 0) is 55.0 Å². The van der Waals surface area contributed by atoms with Crippen molar-refractivity contribution in [3.8, 4) is 5.75 Å². The molecule has 45 heavy (non-hydrogen) atoms. The molecular weight excluding hydrogens is 596 g/mol. The van der Waals surface area contributed by atoms with E-state index < -0.39 is 64.7 Å². The fraction of sp³-hybridized carbons (Fsp3) is 0.286. The fourth-order valence-electron chi connectivity index (χ4n) is 8.27. The van der Waals surface area contributed by atoms with E-state index in [0.717, 1.165) is 7.11 Å². The van der Waals surface area contributed by atoms with Crippen LogP contribution in [0.3, 0.4) is 0 Å². The Morgan fingerprint density at radius 2 is 1.67 bits per heavy atom. The summed E-state index contributed by atoms with van der Waals surface area (Å²) >= 11 is 6.32. The van der Waals surface area contributed by atoms with E-state index in [0.29, 0.717) is 37.9 Å². The number of likely N-dealkylation sites (tertiary alicyclic amines) is 1. The number of aromatic hydroxyl groups is 1. The zero-order valence-corrected chi connectivity index (χ0v) is 25.2. The van der Waals surface area contributed by atoms with Gasteiger partial charge in [0.25, 0.3) is 0 Å². The number of aryl methyl sites for hydroxylation is 1. The largest absolute Gasteiger partial charge is 0.507 e. The van der Waals surface area contributed by atoms with Crippen LogP contribution in [0.15, 0.2) is 84.4 Å². The molecule has 2 aliphatic heterocycles. The molecule has 0 spiro atoms. The van der Waals surface area contributed by atoms with Crippen molar-refractivity contribution in [3.63, 3.8) is 0 Å². The number of benzene rings is 3. The van der Waals surface area contributed by atoms with E-state index in [1.165, 1.54) is 4.90 Å². The lowest BCUT2D eigenvalue weighted by atomic mass is 9.49. The molecule has 6 unspecified atom stereocenters. The van der Waals surface area contributed by atoms with Crippen molar-refractivity contribution in [1.29, 1.82) is 0 Å². The van der Waals surface area contributed by atoms with Gasteiger partial charge in [0, 0.05) is 16.5 Å². The molecule has 2 saturated heterocycles. The van der Waals surface area contributed by atoms with Gasteiger partial charge in [0.15, 0.2) is 0 Å². The Morgan fingerprint density at radius 1 is 0.933 bits per heavy atom. The molecule has 1 N–H and O–H groups in total. The summed E-state index contributed by atoms with van der Waals surface area (Å²) in [5.74, 6) is -6.57. The van der Waals surface area contributed by atoms with Crippen LogP contribution in [-0.4, -0.2) is 46.8 Å². The highest BCUT2D eigenvalue weighted by Crippen LogP contribution is 2.65. The molecule has 3 fully saturated rings. The van der Waals surface area contributed by atoms with Crippen molar-refractivity contribution < 1.29 is 33.8 Å². The third-order valence-electron chi connectivity index (χ3n) is 10.1. The number of imide groups is 4. The molecule has 2 heterocycles. The van der Waals surface area contributed by atoms with Crippen LogP contribution in [0.2, 0.25) is 5.02 Å². The molecule has 0 radical (unpaired) electrons. The van der Waals surface area contributed by atoms with Gasteiger partial charge in [-0.15, -0.1) is 0 Å². The summed E-state index contributed by atoms with van der Waals surface area (Å²) in [5, 5.41) is 11.9. The molecule has 9 nitrogen and oxygen atoms in total. The first kappa shape index (κ1) is 29.0. The zero-order valence-electron chi connectivity index (χ0n) is 24.5. The summed E-state index contributed by atoms with van der Waals surface area (Å²) in [6, 6.07) is 20.9. The summed E-state index contributed by atoms with van der Waals surface area (Å²) in [4.78, 5) is 71.2. The molecule has 3 aromatic rings. The quantitative estimate of drug-likeness (QED) is 0.311. The van der Waals surface area contributed by atoms with Gasteiger partial charge in [-0.25, -0.2) is 9.69 Å². The molecule has 7 rings (SSSR count). The number of rotatable bonds is 3. The van der Waals surface area contributed by atoms with E-state index in [9.17, 15) is 24.3 Å². The third-order valence-corrected chi connectivity index (χ3v) is 10.3. The minimum atomic E-state index is -1.51. The Kier molecular flexibility index (Phi) is 6.70. The summed E-state index contributed by atoms with van der Waals surface area (Å²) in [6.07, 6.45) is 1.03. The Balaban J connectivity index is 1.51. The van der Waals surface area contributed by atoms with E-state index in [1.807, 2.05) is 24.3 Å². The molecule has 6 atom stereocenters. The SMILES string of the molecule is COC(=O)N1C(=O)C2CC=C3C(CC4C(=O)N(c5cccc(Cl)c5)C(=O)C4(c4ccccc4)C3c3cccc(C)c3O)C2C1=O. The van der Waals surface area contributed by atoms with Crippen LogP contribution in [-0.2, 0) is 29.3 Å². The Bertz CT molecular complexity index is 1840. The first-order valence-corrected chi connectivity index (χ1v) is 15.1. The molecule has 228 valence electrons. The highest BCUT2D eigenvalue weighted by Gasteiger charge is 2.70. The Hall–Kier alpha value is -4.76. The monoisotopic (exact) mass is 624 g/mol. The molecule has 4 aliphatic rings. The standard InChI is InChI=1S/C35H29ClN2O7/c1-18-8-6-13-24(29(18)39)28-22-14-15-23-27(32(42)38(30(23)40)34(44)45-2)25(22)17-26-31(41)37(21-12-7-11-20(36)16-21)33(43)35(26,28)19-9-4-3-5-10-19/h3-14,16,23,25-28,39H,15,17H2,1-2H3. The summed E-state index contributed by atoms with van der Waals surface area (Å²) < 4.78 is 4.76. The maximum Gasteiger partial charge on any atom is 0.423 e. The minimum Gasteiger partial charge on any atom is -0.507 e. The predicted molar refractivity (Wildman–Crippen MR) is 163 cm³/mol. The maximum atomic E-state index is 15.1. The number of para-hydroxylation sites is 1. The number of hydrogen-bond donors (Lipinski definition) is 1. The van der Waals surface area contributed by atoms with E-state index in [-0.39, 0.29) is 18.6 Å². The maximum absolute atomic E-state index is 15.1. The number of halogens is 1. The number of methoxy groups -OCH3 is 1. The lowest BCUT2D eigenvalue weighted by molar-refractivity contribution is -0.138. The third kappa shape index (κ3) is 3.89. The van der Waals surface area contributed by atoms with Crippen LogP contribution in [0.5, 0.6) is 5.75 Å². The number of hydrogen-bond acceptors (Lipinski definition) is 7. The number of ether oxygens (including phenoxy) is 1. The molecule has 0 bridgehead atoms. The highest BCUT2D eigenvalue weighted by molar-refractivity contribution is 6.32. The van der Waals surface area contributed by atoms with Crippen LogP contribution in [0.1, 0.15) is 35.4 Å². The van der Waals surface area contributed by atoms with Gasteiger partial charge >= 0.3 is 6.09 Å². The van der Waals surface area contributed by atoms with Crippen LogP contribution in [0.25, 0.3) is 0 Å². The van der Waals surface area contributed by atoms with Gasteiger partial charge < -0.3 is 9.84 Å². The number of allylic oxidation sites excluding steroid dienone is 2. The molecule has 3 aromatic carbocycles. The van der Waals surface area contributed by atoms with Crippen molar-refractivity contribution >= 4 is 47.0 Å². The normalized spacial score (nSPS) is 28.9. The van der Waals surface area contributed by atoms with Crippen LogP contribution in [0, 0.1) is 30.6 Å². The van der Waals surface area contributed by atoms with Crippen LogP contribution in [0.4, 0.5) is 10.5 Å². The molecule has 2 aliphatic carbocycles. The number of carbonyl (C=O) groups is 5. The van der Waals surface area contributed by atoms with E-state index in [1.54, 1.807) is 61.5 Å². The van der Waals surface area contributed by atoms with Crippen LogP contribution < -0.4 is 4.90 Å². The molecule has 0 aromatic heterocycles. The number of amides is 5. The van der Waals surface area contributed by atoms with E-state index in [4.69, 9.17) is 16.3 Å². The van der Waals surface area contributed by atoms with Crippen molar-refractivity contribution in [2.75, 3.05) is 12.0 Å². The van der Waals surface area contributed by atoms with Crippen molar-refractivity contribution in [1.82, 2.24) is 4.90 Å². The lowest BCUT2D eigenvalue weighted by Crippen LogP contribution is -2.53. The van der Waals surface area contributed by atoms with Gasteiger partial charge in [0.2, 0.25) is 23.6 Å². The molecular formula is C35H29ClN2O7. The fourth-order valence-corrected chi connectivity index (χ4v) is 8.46. The Labute approximate surface area is 264 Å². The predicted octanol–water partition coefficient (Wildman–Crippen LogP) is 5.28. The first-order valence-electron chi connectivity index (χ1n) is 14.8. The number of fused-ring (bicyclic) bond motifs is 4. The number of phenolic OH excluding ortho intramolecular Hbond substituents is 1. The highest BCUT2D eigenvalue weighted by atomic mass is 35.5. The molecule has 10 heteroatoms. The second-order valence-electron chi connectivity index (χ2n) is 12.1. The number of phenols is 1. The average Bonchev–Trinajstić information content (AvgIpc) is 3.43. The van der Waals surface area contributed by atoms with Crippen LogP contribution >= 0.6 is 11.6 Å². The second-order valence-corrected chi connectivity index (χ2v) is 12.5. The average molecular weight is 625 g/mol. The van der Waals surface area contributed by atoms with Gasteiger partial charge in [-0.3, -0.25) is 19.2 Å². The van der Waals surface area contributed by atoms with Gasteiger partial charge in [0.1, 0.15) is 5.75 Å². The zero-order chi connectivity index (χ0) is 31.8. The van der Waals surface area contributed by atoms with Crippen molar-refractivity contribution in [2.45, 2.75) is 31.1 Å². The number of nitrogens with zero attached hydrogens (tertiary/aromatic N) is 2. The van der Waals surface area contributed by atoms with Crippen molar-refractivity contribution in [3.05, 3.63) is 106 Å². The number of carbonyl (C=O) groups excluding carboxylic acids is 5. The summed E-state index contributed by atoms with van der Waals surface area (Å²) in [6.45, 7) is 1.75. The summed E-state index contributed by atoms with van der Waals surface area (Å²) in [5.41, 5.74) is 1.10. The number of anilines is 1. The van der Waals surface area contributed by atoms with Crippen molar-refractivity contribution in [2.24, 2.45) is 23.7 Å². The van der Waals surface area contributed by atoms with Gasteiger partial charge in [-0.1, -0.05) is 77.8 Å². The molecule has 5 amide bonds. The van der Waals surface area contributed by atoms with Gasteiger partial charge in [0.05, 0.1) is 36.0 Å². The molecule has 1 saturated carbocycles. The van der Waals surface area contributed by atoms with Gasteiger partial charge in [-0.2, -0.15) is 4.90 Å². The summed E-state index contributed by atoms with van der Waals surface area (Å²) in [7, 11) is 1.10. The smallest absolute Gasteiger partial charge is 0.423 e.